The zero-order chi connectivity index (χ0) is 25.1. The van der Waals surface area contributed by atoms with E-state index in [9.17, 15) is 18.4 Å². The van der Waals surface area contributed by atoms with Gasteiger partial charge < -0.3 is 19.9 Å². The lowest BCUT2D eigenvalue weighted by Gasteiger charge is -2.38. The Labute approximate surface area is 206 Å². The van der Waals surface area contributed by atoms with Crippen molar-refractivity contribution in [3.63, 3.8) is 0 Å². The molecule has 3 aromatic rings. The first-order valence-corrected chi connectivity index (χ1v) is 11.8. The normalized spacial score (nSPS) is 17.6. The minimum atomic E-state index is -0.720. The summed E-state index contributed by atoms with van der Waals surface area (Å²) >= 11 is 0. The van der Waals surface area contributed by atoms with E-state index in [-0.39, 0.29) is 35.8 Å². The van der Waals surface area contributed by atoms with Crippen molar-refractivity contribution < 1.29 is 23.1 Å². The first kappa shape index (κ1) is 23.7. The summed E-state index contributed by atoms with van der Waals surface area (Å²) in [5.74, 6) is -0.384. The smallest absolute Gasteiger partial charge is 0.231 e. The number of nitrogens with one attached hydrogen (secondary N) is 1. The summed E-state index contributed by atoms with van der Waals surface area (Å²) in [7, 11) is 0. The fraction of sp³-hybridized carbons (Fsp3) is 0.308. The van der Waals surface area contributed by atoms with Gasteiger partial charge in [0.1, 0.15) is 23.5 Å². The maximum atomic E-state index is 13.9. The average molecular weight is 494 g/mol. The van der Waals surface area contributed by atoms with Crippen LogP contribution < -0.4 is 15.0 Å². The molecular weight excluding hydrogens is 468 g/mol. The number of halogens is 2. The summed E-state index contributed by atoms with van der Waals surface area (Å²) in [5, 5.41) is 10.8. The Morgan fingerprint density at radius 3 is 2.58 bits per heavy atom. The van der Waals surface area contributed by atoms with E-state index in [1.807, 2.05) is 17.0 Å². The van der Waals surface area contributed by atoms with Crippen LogP contribution in [0.25, 0.3) is 0 Å². The number of carbonyl (C=O) groups is 2. The van der Waals surface area contributed by atoms with Crippen molar-refractivity contribution in [1.29, 1.82) is 0 Å². The molecule has 2 fully saturated rings. The molecule has 2 amide bonds. The molecule has 0 saturated carbocycles. The lowest BCUT2D eigenvalue weighted by Crippen LogP contribution is -2.52. The molecule has 2 saturated heterocycles. The van der Waals surface area contributed by atoms with Gasteiger partial charge in [0.15, 0.2) is 5.82 Å². The fourth-order valence-electron chi connectivity index (χ4n) is 4.34. The highest BCUT2D eigenvalue weighted by atomic mass is 19.1. The van der Waals surface area contributed by atoms with Crippen molar-refractivity contribution in [2.45, 2.75) is 18.9 Å². The Morgan fingerprint density at radius 2 is 1.86 bits per heavy atom. The second-order valence-corrected chi connectivity index (χ2v) is 8.98. The summed E-state index contributed by atoms with van der Waals surface area (Å²) < 4.78 is 32.9. The van der Waals surface area contributed by atoms with Crippen LogP contribution >= 0.6 is 0 Å². The van der Waals surface area contributed by atoms with Crippen LogP contribution in [0.3, 0.4) is 0 Å². The van der Waals surface area contributed by atoms with E-state index in [2.05, 4.69) is 15.5 Å². The molecule has 0 spiro atoms. The molecule has 5 rings (SSSR count). The minimum Gasteiger partial charge on any atom is -0.489 e. The van der Waals surface area contributed by atoms with Gasteiger partial charge in [0.25, 0.3) is 0 Å². The second-order valence-electron chi connectivity index (χ2n) is 8.98. The monoisotopic (exact) mass is 493 g/mol. The Bertz CT molecular complexity index is 1240. The van der Waals surface area contributed by atoms with Crippen molar-refractivity contribution in [3.05, 3.63) is 78.0 Å². The molecule has 1 atom stereocenters. The molecule has 8 nitrogen and oxygen atoms in total. The largest absolute Gasteiger partial charge is 0.489 e. The summed E-state index contributed by atoms with van der Waals surface area (Å²) in [4.78, 5) is 28.7. The molecular formula is C26H25F2N5O3. The van der Waals surface area contributed by atoms with Gasteiger partial charge in [-0.1, -0.05) is 6.07 Å². The molecule has 1 N–H and O–H groups in total. The number of hydrogen-bond donors (Lipinski definition) is 1. The quantitative estimate of drug-likeness (QED) is 0.545. The zero-order valence-corrected chi connectivity index (χ0v) is 19.4. The van der Waals surface area contributed by atoms with Gasteiger partial charge in [-0.25, -0.2) is 8.78 Å². The van der Waals surface area contributed by atoms with Crippen molar-refractivity contribution in [1.82, 2.24) is 15.1 Å². The summed E-state index contributed by atoms with van der Waals surface area (Å²) in [5.41, 5.74) is 0.849. The van der Waals surface area contributed by atoms with Crippen LogP contribution in [0.5, 0.6) is 5.75 Å². The highest BCUT2D eigenvalue weighted by molar-refractivity contribution is 5.94. The Balaban J connectivity index is 1.07. The lowest BCUT2D eigenvalue weighted by molar-refractivity contribution is -0.129. The predicted octanol–water partition coefficient (Wildman–Crippen LogP) is 3.05. The lowest BCUT2D eigenvalue weighted by atomic mass is 9.99. The third-order valence-electron chi connectivity index (χ3n) is 6.41. The Morgan fingerprint density at radius 1 is 1.06 bits per heavy atom. The number of nitrogens with zero attached hydrogens (tertiary/aromatic N) is 4. The number of anilines is 2. The van der Waals surface area contributed by atoms with Crippen LogP contribution in [0.2, 0.25) is 0 Å². The number of carbonyl (C=O) groups excluding carboxylic acids is 2. The van der Waals surface area contributed by atoms with E-state index in [1.54, 1.807) is 35.4 Å². The molecule has 1 aromatic heterocycles. The highest BCUT2D eigenvalue weighted by Gasteiger charge is 2.33. The van der Waals surface area contributed by atoms with Gasteiger partial charge in [-0.3, -0.25) is 9.59 Å². The molecule has 2 aliphatic heterocycles. The molecule has 36 heavy (non-hydrogen) atoms. The Kier molecular flexibility index (Phi) is 6.75. The minimum absolute atomic E-state index is 0.0497. The SMILES string of the molecule is O=C(Nc1ccc(O[C@@H]2CCN(C(=O)Cc3ccc(F)cc3F)C2)cc1)C1CN(c2cccnn2)C1. The van der Waals surface area contributed by atoms with E-state index in [4.69, 9.17) is 4.74 Å². The van der Waals surface area contributed by atoms with E-state index in [0.29, 0.717) is 44.0 Å². The first-order valence-electron chi connectivity index (χ1n) is 11.8. The summed E-state index contributed by atoms with van der Waals surface area (Å²) in [6.07, 6.45) is 1.96. The van der Waals surface area contributed by atoms with E-state index >= 15 is 0 Å². The molecule has 2 aliphatic rings. The Hall–Kier alpha value is -4.08. The number of rotatable bonds is 7. The van der Waals surface area contributed by atoms with Gasteiger partial charge in [0.2, 0.25) is 11.8 Å². The van der Waals surface area contributed by atoms with Gasteiger partial charge in [0, 0.05) is 44.0 Å². The molecule has 0 aliphatic carbocycles. The summed E-state index contributed by atoms with van der Waals surface area (Å²) in [6, 6.07) is 14.0. The van der Waals surface area contributed by atoms with Crippen LogP contribution in [0, 0.1) is 17.6 Å². The van der Waals surface area contributed by atoms with Crippen molar-refractivity contribution in [2.75, 3.05) is 36.4 Å². The van der Waals surface area contributed by atoms with Crippen LogP contribution in [-0.4, -0.2) is 59.2 Å². The van der Waals surface area contributed by atoms with E-state index < -0.39 is 11.6 Å². The number of hydrogen-bond acceptors (Lipinski definition) is 6. The van der Waals surface area contributed by atoms with Gasteiger partial charge >= 0.3 is 0 Å². The molecule has 3 heterocycles. The third-order valence-corrected chi connectivity index (χ3v) is 6.41. The molecule has 0 bridgehead atoms. The van der Waals surface area contributed by atoms with Crippen LogP contribution in [0.1, 0.15) is 12.0 Å². The topological polar surface area (TPSA) is 87.7 Å². The molecule has 186 valence electrons. The van der Waals surface area contributed by atoms with Gasteiger partial charge in [-0.05, 0) is 48.0 Å². The first-order chi connectivity index (χ1) is 17.4. The molecule has 10 heteroatoms. The third kappa shape index (κ3) is 5.42. The maximum absolute atomic E-state index is 13.9. The van der Waals surface area contributed by atoms with E-state index in [1.165, 1.54) is 6.07 Å². The van der Waals surface area contributed by atoms with Gasteiger partial charge in [0.05, 0.1) is 18.9 Å². The highest BCUT2D eigenvalue weighted by Crippen LogP contribution is 2.25. The average Bonchev–Trinajstić information content (AvgIpc) is 3.30. The van der Waals surface area contributed by atoms with Crippen molar-refractivity contribution >= 4 is 23.3 Å². The maximum Gasteiger partial charge on any atom is 0.231 e. The zero-order valence-electron chi connectivity index (χ0n) is 19.4. The number of ether oxygens (including phenoxy) is 1. The molecule has 0 unspecified atom stereocenters. The fourth-order valence-corrected chi connectivity index (χ4v) is 4.34. The predicted molar refractivity (Wildman–Crippen MR) is 128 cm³/mol. The van der Waals surface area contributed by atoms with Crippen LogP contribution in [-0.2, 0) is 16.0 Å². The van der Waals surface area contributed by atoms with Crippen LogP contribution in [0.15, 0.2) is 60.8 Å². The molecule has 2 aromatic carbocycles. The van der Waals surface area contributed by atoms with Crippen LogP contribution in [0.4, 0.5) is 20.3 Å². The van der Waals surface area contributed by atoms with Crippen molar-refractivity contribution in [2.24, 2.45) is 5.92 Å². The number of likely N-dealkylation sites (tertiary alicyclic amines) is 1. The summed E-state index contributed by atoms with van der Waals surface area (Å²) in [6.45, 7) is 2.09. The van der Waals surface area contributed by atoms with Crippen molar-refractivity contribution in [3.8, 4) is 5.75 Å². The van der Waals surface area contributed by atoms with E-state index in [0.717, 1.165) is 18.0 Å². The van der Waals surface area contributed by atoms with Gasteiger partial charge in [-0.15, -0.1) is 5.10 Å². The number of benzene rings is 2. The molecule has 0 radical (unpaired) electrons. The number of amides is 2. The second kappa shape index (κ2) is 10.3. The standard InChI is InChI=1S/C26H25F2N5O3/c27-19-4-3-17(23(28)13-19)12-25(34)32-11-9-22(16-32)36-21-7-5-20(6-8-21)30-26(35)18-14-33(15-18)24-2-1-10-29-31-24/h1-8,10,13,18,22H,9,11-12,14-16H2,(H,30,35)/t22-/m1/s1. The van der Waals surface area contributed by atoms with Gasteiger partial charge in [-0.2, -0.15) is 5.10 Å². The number of aromatic nitrogens is 2.